The average molecular weight is 467 g/mol. The summed E-state index contributed by atoms with van der Waals surface area (Å²) in [5.74, 6) is -1.50. The number of halogens is 1. The van der Waals surface area contributed by atoms with Crippen molar-refractivity contribution in [3.63, 3.8) is 0 Å². The van der Waals surface area contributed by atoms with Gasteiger partial charge in [0, 0.05) is 0 Å². The summed E-state index contributed by atoms with van der Waals surface area (Å²) in [6.45, 7) is 5.15. The van der Waals surface area contributed by atoms with Crippen molar-refractivity contribution in [1.82, 2.24) is 15.0 Å². The third-order valence-corrected chi connectivity index (χ3v) is 6.96. The molecule has 11 heteroatoms. The fourth-order valence-electron chi connectivity index (χ4n) is 3.37. The molecule has 0 radical (unpaired) electrons. The van der Waals surface area contributed by atoms with Gasteiger partial charge in [-0.3, -0.25) is 9.78 Å². The van der Waals surface area contributed by atoms with Crippen molar-refractivity contribution in [1.29, 1.82) is 0 Å². The number of sulfonamides is 1. The lowest BCUT2D eigenvalue weighted by Gasteiger charge is -2.23. The Morgan fingerprint density at radius 1 is 1.31 bits per heavy atom. The lowest BCUT2D eigenvalue weighted by Crippen LogP contribution is -2.43. The van der Waals surface area contributed by atoms with Gasteiger partial charge >= 0.3 is 0 Å². The summed E-state index contributed by atoms with van der Waals surface area (Å²) in [6.07, 6.45) is 1.70. The summed E-state index contributed by atoms with van der Waals surface area (Å²) < 4.78 is 52.7. The first-order valence-corrected chi connectivity index (χ1v) is 11.9. The van der Waals surface area contributed by atoms with Gasteiger partial charge in [0.2, 0.25) is 10.0 Å². The van der Waals surface area contributed by atoms with Crippen LogP contribution in [-0.4, -0.2) is 44.3 Å². The van der Waals surface area contributed by atoms with E-state index >= 15 is 0 Å². The predicted molar refractivity (Wildman–Crippen MR) is 118 cm³/mol. The molecule has 174 valence electrons. The third kappa shape index (κ3) is 5.46. The smallest absolute Gasteiger partial charge is 0.266 e. The van der Waals surface area contributed by atoms with E-state index < -0.39 is 38.8 Å². The summed E-state index contributed by atoms with van der Waals surface area (Å²) in [5.41, 5.74) is 5.57. The lowest BCUT2D eigenvalue weighted by atomic mass is 10.1. The molecule has 1 unspecified atom stereocenters. The van der Waals surface area contributed by atoms with E-state index in [-0.39, 0.29) is 11.3 Å². The molecule has 2 aromatic rings. The van der Waals surface area contributed by atoms with Crippen molar-refractivity contribution < 1.29 is 27.1 Å². The van der Waals surface area contributed by atoms with Crippen LogP contribution in [0.15, 0.2) is 30.5 Å². The van der Waals surface area contributed by atoms with Crippen LogP contribution in [0.3, 0.4) is 0 Å². The number of nitrogen functional groups attached to an aromatic ring is 1. The van der Waals surface area contributed by atoms with Crippen molar-refractivity contribution in [2.45, 2.75) is 38.0 Å². The standard InChI is InChI=1S/C21H27FN4O5S/c1-3-30-14-4-6-17(25-12-14)13(2)31-18-7-5-16(20(23)19(18)22)21(27)26-32(28,29)15-8-10-24-11-9-15/h4-7,12-13,15,24H,3,8-11,23H2,1-2H3,(H,26,27). The second kappa shape index (κ2) is 10.1. The monoisotopic (exact) mass is 466 g/mol. The van der Waals surface area contributed by atoms with E-state index in [1.807, 2.05) is 11.6 Å². The fraction of sp³-hybridized carbons (Fsp3) is 0.429. The van der Waals surface area contributed by atoms with E-state index in [1.165, 1.54) is 12.1 Å². The molecule has 2 heterocycles. The van der Waals surface area contributed by atoms with Crippen molar-refractivity contribution in [2.24, 2.45) is 0 Å². The number of rotatable bonds is 8. The predicted octanol–water partition coefficient (Wildman–Crippen LogP) is 2.15. The van der Waals surface area contributed by atoms with E-state index in [0.717, 1.165) is 0 Å². The summed E-state index contributed by atoms with van der Waals surface area (Å²) in [6, 6.07) is 5.90. The number of benzene rings is 1. The minimum Gasteiger partial charge on any atom is -0.492 e. The number of hydrogen-bond donors (Lipinski definition) is 3. The quantitative estimate of drug-likeness (QED) is 0.504. The van der Waals surface area contributed by atoms with Gasteiger partial charge in [-0.05, 0) is 64.0 Å². The molecule has 1 fully saturated rings. The maximum absolute atomic E-state index is 14.8. The highest BCUT2D eigenvalue weighted by atomic mass is 32.2. The number of nitrogens with zero attached hydrogens (tertiary/aromatic N) is 1. The SMILES string of the molecule is CCOc1ccc(C(C)Oc2ccc(C(=O)NS(=O)(=O)C3CCNCC3)c(N)c2F)nc1. The van der Waals surface area contributed by atoms with Crippen molar-refractivity contribution in [2.75, 3.05) is 25.4 Å². The number of carbonyl (C=O) groups excluding carboxylic acids is 1. The highest BCUT2D eigenvalue weighted by Crippen LogP contribution is 2.30. The molecule has 9 nitrogen and oxygen atoms in total. The van der Waals surface area contributed by atoms with E-state index in [9.17, 15) is 17.6 Å². The number of hydrogen-bond acceptors (Lipinski definition) is 8. The fourth-order valence-corrected chi connectivity index (χ4v) is 4.76. The molecule has 1 atom stereocenters. The minimum absolute atomic E-state index is 0.177. The molecule has 0 bridgehead atoms. The molecule has 1 aromatic carbocycles. The molecule has 4 N–H and O–H groups in total. The highest BCUT2D eigenvalue weighted by molar-refractivity contribution is 7.90. The maximum atomic E-state index is 14.8. The Balaban J connectivity index is 1.72. The van der Waals surface area contributed by atoms with Crippen LogP contribution >= 0.6 is 0 Å². The van der Waals surface area contributed by atoms with Crippen molar-refractivity contribution >= 4 is 21.6 Å². The van der Waals surface area contributed by atoms with Crippen LogP contribution < -0.4 is 25.2 Å². The first-order valence-electron chi connectivity index (χ1n) is 10.3. The Labute approximate surface area is 186 Å². The number of amides is 1. The summed E-state index contributed by atoms with van der Waals surface area (Å²) >= 11 is 0. The maximum Gasteiger partial charge on any atom is 0.266 e. The summed E-state index contributed by atoms with van der Waals surface area (Å²) in [5, 5.41) is 2.37. The summed E-state index contributed by atoms with van der Waals surface area (Å²) in [7, 11) is -3.90. The Morgan fingerprint density at radius 3 is 2.66 bits per heavy atom. The van der Waals surface area contributed by atoms with Crippen LogP contribution in [0.4, 0.5) is 10.1 Å². The number of ether oxygens (including phenoxy) is 2. The zero-order chi connectivity index (χ0) is 23.3. The number of pyridine rings is 1. The number of nitrogens with two attached hydrogens (primary N) is 1. The van der Waals surface area contributed by atoms with Crippen LogP contribution in [0.1, 0.15) is 48.8 Å². The van der Waals surface area contributed by atoms with E-state index in [4.69, 9.17) is 15.2 Å². The number of nitrogens with one attached hydrogen (secondary N) is 2. The second-order valence-corrected chi connectivity index (χ2v) is 9.34. The van der Waals surface area contributed by atoms with Gasteiger partial charge in [0.05, 0.1) is 35.0 Å². The van der Waals surface area contributed by atoms with Gasteiger partial charge < -0.3 is 20.5 Å². The molecule has 1 amide bonds. The van der Waals surface area contributed by atoms with Gasteiger partial charge in [-0.1, -0.05) is 0 Å². The van der Waals surface area contributed by atoms with Crippen molar-refractivity contribution in [3.05, 3.63) is 47.5 Å². The molecular formula is C21H27FN4O5S. The largest absolute Gasteiger partial charge is 0.492 e. The average Bonchev–Trinajstić information content (AvgIpc) is 2.78. The first-order chi connectivity index (χ1) is 15.2. The van der Waals surface area contributed by atoms with Gasteiger partial charge in [0.25, 0.3) is 5.91 Å². The number of aromatic nitrogens is 1. The third-order valence-electron chi connectivity index (χ3n) is 5.14. The summed E-state index contributed by atoms with van der Waals surface area (Å²) in [4.78, 5) is 16.7. The second-order valence-electron chi connectivity index (χ2n) is 7.38. The first kappa shape index (κ1) is 23.7. The zero-order valence-electron chi connectivity index (χ0n) is 17.9. The molecule has 1 aromatic heterocycles. The van der Waals surface area contributed by atoms with Gasteiger partial charge in [0.1, 0.15) is 11.9 Å². The molecule has 3 rings (SSSR count). The van der Waals surface area contributed by atoms with Crippen LogP contribution in [0.5, 0.6) is 11.5 Å². The topological polar surface area (TPSA) is 133 Å². The molecule has 1 aliphatic heterocycles. The van der Waals surface area contributed by atoms with Gasteiger partial charge in [-0.15, -0.1) is 0 Å². The molecule has 0 spiro atoms. The Hall–Kier alpha value is -2.92. The van der Waals surface area contributed by atoms with E-state index in [0.29, 0.717) is 44.0 Å². The minimum atomic E-state index is -3.90. The van der Waals surface area contributed by atoms with E-state index in [2.05, 4.69) is 10.3 Å². The van der Waals surface area contributed by atoms with Crippen LogP contribution in [0.25, 0.3) is 0 Å². The normalized spacial score (nSPS) is 15.7. The highest BCUT2D eigenvalue weighted by Gasteiger charge is 2.30. The van der Waals surface area contributed by atoms with Gasteiger partial charge in [-0.25, -0.2) is 17.5 Å². The van der Waals surface area contributed by atoms with Gasteiger partial charge in [0.15, 0.2) is 11.6 Å². The van der Waals surface area contributed by atoms with Crippen molar-refractivity contribution in [3.8, 4) is 11.5 Å². The molecule has 32 heavy (non-hydrogen) atoms. The van der Waals surface area contributed by atoms with Gasteiger partial charge in [-0.2, -0.15) is 0 Å². The molecule has 0 aliphatic carbocycles. The Kier molecular flexibility index (Phi) is 7.52. The Bertz CT molecular complexity index is 1060. The Morgan fingerprint density at radius 2 is 2.03 bits per heavy atom. The molecule has 1 saturated heterocycles. The van der Waals surface area contributed by atoms with Crippen LogP contribution in [0, 0.1) is 5.82 Å². The van der Waals surface area contributed by atoms with Crippen LogP contribution in [0.2, 0.25) is 0 Å². The van der Waals surface area contributed by atoms with Crippen LogP contribution in [-0.2, 0) is 10.0 Å². The lowest BCUT2D eigenvalue weighted by molar-refractivity contribution is 0.0981. The molecule has 0 saturated carbocycles. The van der Waals surface area contributed by atoms with E-state index in [1.54, 1.807) is 25.3 Å². The number of anilines is 1. The number of carbonyl (C=O) groups is 1. The number of piperidine rings is 1. The molecular weight excluding hydrogens is 439 g/mol. The zero-order valence-corrected chi connectivity index (χ0v) is 18.7. The molecule has 1 aliphatic rings.